The van der Waals surface area contributed by atoms with E-state index in [1.165, 1.54) is 29.0 Å². The second kappa shape index (κ2) is 16.8. The molecule has 1 aliphatic carbocycles. The lowest BCUT2D eigenvalue weighted by Gasteiger charge is -2.39. The number of piperazine rings is 1. The smallest absolute Gasteiger partial charge is 0.297 e. The highest BCUT2D eigenvalue weighted by Crippen LogP contribution is 2.44. The molecule has 60 heavy (non-hydrogen) atoms. The maximum atomic E-state index is 13.9. The van der Waals surface area contributed by atoms with Crippen molar-refractivity contribution in [1.82, 2.24) is 19.6 Å². The van der Waals surface area contributed by atoms with E-state index in [1.54, 1.807) is 24.4 Å². The van der Waals surface area contributed by atoms with Crippen molar-refractivity contribution in [2.24, 2.45) is 5.41 Å². The van der Waals surface area contributed by atoms with E-state index in [9.17, 15) is 28.4 Å². The van der Waals surface area contributed by atoms with Crippen molar-refractivity contribution in [1.29, 1.82) is 0 Å². The van der Waals surface area contributed by atoms with E-state index in [0.717, 1.165) is 67.1 Å². The zero-order valence-corrected chi connectivity index (χ0v) is 34.8. The van der Waals surface area contributed by atoms with Gasteiger partial charge in [0.2, 0.25) is 0 Å². The summed E-state index contributed by atoms with van der Waals surface area (Å²) in [6, 6.07) is 18.3. The van der Waals surface area contributed by atoms with Crippen LogP contribution in [0.4, 0.5) is 17.1 Å². The molecule has 8 rings (SSSR count). The first kappa shape index (κ1) is 41.1. The minimum Gasteiger partial charge on any atom is -0.489 e. The lowest BCUT2D eigenvalue weighted by molar-refractivity contribution is -0.384. The van der Waals surface area contributed by atoms with E-state index in [0.29, 0.717) is 24.5 Å². The van der Waals surface area contributed by atoms with Crippen molar-refractivity contribution in [2.75, 3.05) is 56.2 Å². The zero-order valence-electron chi connectivity index (χ0n) is 33.2. The van der Waals surface area contributed by atoms with Gasteiger partial charge in [0, 0.05) is 79.8 Å². The Hall–Kier alpha value is -5.68. The third-order valence-corrected chi connectivity index (χ3v) is 13.0. The van der Waals surface area contributed by atoms with Gasteiger partial charge in [-0.25, -0.2) is 18.1 Å². The number of pyridine rings is 1. The topological polar surface area (TPSA) is 192 Å². The summed E-state index contributed by atoms with van der Waals surface area (Å²) in [5.74, 6) is -0.634. The highest BCUT2D eigenvalue weighted by atomic mass is 35.5. The molecule has 2 aliphatic heterocycles. The normalized spacial score (nSPS) is 18.1. The first-order valence-electron chi connectivity index (χ1n) is 19.8. The van der Waals surface area contributed by atoms with Crippen LogP contribution >= 0.6 is 11.6 Å². The fourth-order valence-corrected chi connectivity index (χ4v) is 9.22. The predicted octanol–water partition coefficient (Wildman–Crippen LogP) is 7.38. The van der Waals surface area contributed by atoms with Gasteiger partial charge in [0.25, 0.3) is 21.6 Å². The Bertz CT molecular complexity index is 2590. The van der Waals surface area contributed by atoms with E-state index < -0.39 is 37.5 Å². The van der Waals surface area contributed by atoms with Gasteiger partial charge >= 0.3 is 0 Å². The van der Waals surface area contributed by atoms with Crippen LogP contribution in [0.15, 0.2) is 89.6 Å². The number of sulfonamides is 1. The Morgan fingerprint density at radius 3 is 2.63 bits per heavy atom. The number of aliphatic hydroxyl groups is 1. The minimum absolute atomic E-state index is 0.00658. The summed E-state index contributed by atoms with van der Waals surface area (Å²) in [6.45, 7) is 8.43. The molecule has 5 aromatic rings. The van der Waals surface area contributed by atoms with Crippen LogP contribution in [0.5, 0.6) is 17.2 Å². The number of carbonyl (C=O) groups is 1. The van der Waals surface area contributed by atoms with Gasteiger partial charge in [0.15, 0.2) is 11.4 Å². The molecule has 1 saturated heterocycles. The summed E-state index contributed by atoms with van der Waals surface area (Å²) in [6.07, 6.45) is 6.69. The third kappa shape index (κ3) is 8.92. The number of nitrogens with zero attached hydrogens (tertiary/aromatic N) is 4. The van der Waals surface area contributed by atoms with Gasteiger partial charge in [-0.05, 0) is 78.6 Å². The molecule has 15 nitrogen and oxygen atoms in total. The van der Waals surface area contributed by atoms with Crippen LogP contribution in [-0.4, -0.2) is 91.2 Å². The van der Waals surface area contributed by atoms with Crippen LogP contribution in [0.25, 0.3) is 16.6 Å². The van der Waals surface area contributed by atoms with Crippen LogP contribution in [0, 0.1) is 15.5 Å². The Morgan fingerprint density at radius 2 is 1.88 bits per heavy atom. The molecule has 0 bridgehead atoms. The summed E-state index contributed by atoms with van der Waals surface area (Å²) >= 11 is 6.23. The van der Waals surface area contributed by atoms with E-state index in [2.05, 4.69) is 55.8 Å². The number of allylic oxidation sites excluding steroid dienone is 1. The number of carbonyl (C=O) groups excluding carboxylic acids is 1. The second-order valence-electron chi connectivity index (χ2n) is 16.2. The minimum atomic E-state index is -4.66. The highest BCUT2D eigenvalue weighted by molar-refractivity contribution is 7.90. The number of benzene rings is 3. The Labute approximate surface area is 352 Å². The number of halogens is 1. The van der Waals surface area contributed by atoms with Crippen LogP contribution in [0.2, 0.25) is 5.02 Å². The average molecular weight is 856 g/mol. The number of ether oxygens (including phenoxy) is 2. The SMILES string of the molecule is CC1(C)CCC(CN2CCN(c3ccc(C(=O)NS(=O)(=O)c4cc5c(c([N+](=O)[O-])c4)N[C@@H](CCO)CO5)c(Oc4cnc5[nH]ccc5c4)c3)CC2)=C(c2ccc(Cl)cc2)C1. The van der Waals surface area contributed by atoms with Gasteiger partial charge in [-0.1, -0.05) is 43.2 Å². The fourth-order valence-electron chi connectivity index (χ4n) is 8.10. The molecule has 4 heterocycles. The van der Waals surface area contributed by atoms with E-state index in [-0.39, 0.29) is 47.8 Å². The van der Waals surface area contributed by atoms with E-state index in [4.69, 9.17) is 21.1 Å². The number of hydrogen-bond acceptors (Lipinski definition) is 12. The van der Waals surface area contributed by atoms with Gasteiger partial charge in [-0.2, -0.15) is 0 Å². The standard InChI is InChI=1S/C43H46ClN7O8S/c1-43(2)12-9-29(36(23-43)27-3-5-30(44)6-4-27)25-49-14-16-50(17-15-49)32-7-8-35(38(20-32)59-33-19-28-10-13-45-41(28)46-24-33)42(53)48-60(56,57)34-21-37(51(54)55)40-39(22-34)58-26-31(47-40)11-18-52/h3-8,10,13,19-22,24,31,47,52H,9,11-12,14-18,23,25-26H2,1-2H3,(H,45,46)(H,48,53)/t31-/m0/s1. The van der Waals surface area contributed by atoms with Gasteiger partial charge in [0.05, 0.1) is 27.6 Å². The van der Waals surface area contributed by atoms with Crippen molar-refractivity contribution in [3.63, 3.8) is 0 Å². The number of hydrogen-bond donors (Lipinski definition) is 4. The van der Waals surface area contributed by atoms with Crippen LogP contribution in [0.3, 0.4) is 0 Å². The molecule has 17 heteroatoms. The van der Waals surface area contributed by atoms with E-state index >= 15 is 0 Å². The quantitative estimate of drug-likeness (QED) is 0.0721. The molecule has 0 radical (unpaired) electrons. The molecule has 4 N–H and O–H groups in total. The lowest BCUT2D eigenvalue weighted by Crippen LogP contribution is -2.47. The number of aromatic amines is 1. The fraction of sp³-hybridized carbons (Fsp3) is 0.349. The van der Waals surface area contributed by atoms with Gasteiger partial charge in [-0.15, -0.1) is 0 Å². The van der Waals surface area contributed by atoms with Crippen molar-refractivity contribution < 1.29 is 32.7 Å². The molecule has 2 aromatic heterocycles. The number of fused-ring (bicyclic) bond motifs is 2. The maximum Gasteiger partial charge on any atom is 0.297 e. The first-order chi connectivity index (χ1) is 28.7. The molecule has 0 spiro atoms. The van der Waals surface area contributed by atoms with Crippen LogP contribution in [-0.2, 0) is 10.0 Å². The number of aliphatic hydroxyl groups excluding tert-OH is 1. The highest BCUT2D eigenvalue weighted by Gasteiger charge is 2.33. The molecule has 1 atom stereocenters. The number of nitro groups is 1. The summed E-state index contributed by atoms with van der Waals surface area (Å²) in [7, 11) is -4.66. The molecule has 314 valence electrons. The number of anilines is 2. The largest absolute Gasteiger partial charge is 0.489 e. The summed E-state index contributed by atoms with van der Waals surface area (Å²) in [4.78, 5) is 36.8. The molecule has 1 amide bonds. The van der Waals surface area contributed by atoms with Crippen molar-refractivity contribution >= 4 is 61.2 Å². The summed E-state index contributed by atoms with van der Waals surface area (Å²) < 4.78 is 41.5. The Morgan fingerprint density at radius 1 is 1.10 bits per heavy atom. The molecule has 3 aromatic carbocycles. The average Bonchev–Trinajstić information content (AvgIpc) is 3.70. The third-order valence-electron chi connectivity index (χ3n) is 11.4. The number of H-pyrrole nitrogens is 1. The molecule has 0 unspecified atom stereocenters. The maximum absolute atomic E-state index is 13.9. The molecule has 3 aliphatic rings. The van der Waals surface area contributed by atoms with E-state index in [1.807, 2.05) is 18.2 Å². The molecule has 0 saturated carbocycles. The van der Waals surface area contributed by atoms with Crippen LogP contribution in [0.1, 0.15) is 55.5 Å². The molecule has 1 fully saturated rings. The number of nitrogens with one attached hydrogen (secondary N) is 3. The zero-order chi connectivity index (χ0) is 42.2. The first-order valence-corrected chi connectivity index (χ1v) is 21.7. The summed E-state index contributed by atoms with van der Waals surface area (Å²) in [5.41, 5.74) is 5.10. The van der Waals surface area contributed by atoms with Gasteiger partial charge in [0.1, 0.15) is 23.8 Å². The molecular weight excluding hydrogens is 810 g/mol. The Kier molecular flexibility index (Phi) is 11.5. The van der Waals surface area contributed by atoms with Crippen molar-refractivity contribution in [2.45, 2.75) is 50.5 Å². The second-order valence-corrected chi connectivity index (χ2v) is 18.4. The predicted molar refractivity (Wildman–Crippen MR) is 230 cm³/mol. The number of rotatable bonds is 12. The number of amides is 1. The molecular formula is C43H46ClN7O8S. The number of nitro benzene ring substituents is 1. The van der Waals surface area contributed by atoms with Crippen molar-refractivity contribution in [3.8, 4) is 17.2 Å². The van der Waals surface area contributed by atoms with Gasteiger partial charge in [-0.3, -0.25) is 19.8 Å². The monoisotopic (exact) mass is 855 g/mol. The van der Waals surface area contributed by atoms with Crippen molar-refractivity contribution in [3.05, 3.63) is 111 Å². The van der Waals surface area contributed by atoms with Crippen LogP contribution < -0.4 is 24.4 Å². The van der Waals surface area contributed by atoms with Gasteiger partial charge < -0.3 is 29.8 Å². The number of aromatic nitrogens is 2. The lowest BCUT2D eigenvalue weighted by atomic mass is 9.72. The Balaban J connectivity index is 1.03. The summed E-state index contributed by atoms with van der Waals surface area (Å²) in [5, 5.41) is 25.8.